The maximum atomic E-state index is 11.5. The molecule has 0 radical (unpaired) electrons. The van der Waals surface area contributed by atoms with Gasteiger partial charge in [-0.3, -0.25) is 5.32 Å². The number of carboxylic acid groups (broad SMARTS) is 1. The molecular weight excluding hydrogens is 252 g/mol. The number of amides is 2. The number of aryl methyl sites for hydroxylation is 1. The first-order chi connectivity index (χ1) is 8.51. The van der Waals surface area contributed by atoms with E-state index in [0.29, 0.717) is 11.5 Å². The number of rotatable bonds is 5. The number of hydrogen-bond donors (Lipinski definition) is 3. The largest absolute Gasteiger partial charge is 0.478 e. The van der Waals surface area contributed by atoms with Crippen LogP contribution in [0.2, 0.25) is 0 Å². The predicted molar refractivity (Wildman–Crippen MR) is 72.7 cm³/mol. The molecule has 0 aromatic carbocycles. The van der Waals surface area contributed by atoms with Crippen LogP contribution >= 0.6 is 11.3 Å². The molecule has 2 amide bonds. The first-order valence-electron chi connectivity index (χ1n) is 5.91. The fourth-order valence-corrected chi connectivity index (χ4v) is 2.76. The van der Waals surface area contributed by atoms with E-state index in [1.54, 1.807) is 6.92 Å². The molecule has 0 spiro atoms. The molecule has 3 N–H and O–H groups in total. The molecule has 0 saturated heterocycles. The summed E-state index contributed by atoms with van der Waals surface area (Å²) in [5, 5.41) is 14.9. The van der Waals surface area contributed by atoms with Crippen LogP contribution in [-0.2, 0) is 6.42 Å². The van der Waals surface area contributed by atoms with E-state index in [0.717, 1.165) is 23.3 Å². The SMILES string of the molecule is CCCNC(=O)Nc1sc(CC)c(C)c1C(=O)O. The summed E-state index contributed by atoms with van der Waals surface area (Å²) in [7, 11) is 0. The first-order valence-corrected chi connectivity index (χ1v) is 6.73. The monoisotopic (exact) mass is 270 g/mol. The van der Waals surface area contributed by atoms with E-state index in [-0.39, 0.29) is 11.6 Å². The molecule has 0 aliphatic carbocycles. The summed E-state index contributed by atoms with van der Waals surface area (Å²) in [6.07, 6.45) is 1.60. The van der Waals surface area contributed by atoms with Gasteiger partial charge in [0.15, 0.2) is 0 Å². The van der Waals surface area contributed by atoms with E-state index < -0.39 is 5.97 Å². The highest BCUT2D eigenvalue weighted by Crippen LogP contribution is 2.33. The quantitative estimate of drug-likeness (QED) is 0.769. The number of anilines is 1. The Bertz CT molecular complexity index is 454. The molecule has 0 aliphatic rings. The van der Waals surface area contributed by atoms with Gasteiger partial charge in [0.2, 0.25) is 0 Å². The Balaban J connectivity index is 2.94. The number of hydrogen-bond acceptors (Lipinski definition) is 3. The molecule has 1 rings (SSSR count). The minimum absolute atomic E-state index is 0.198. The molecule has 1 aromatic heterocycles. The highest BCUT2D eigenvalue weighted by molar-refractivity contribution is 7.16. The molecule has 0 aliphatic heterocycles. The van der Waals surface area contributed by atoms with Crippen LogP contribution in [0.15, 0.2) is 0 Å². The maximum absolute atomic E-state index is 11.5. The third kappa shape index (κ3) is 3.22. The summed E-state index contributed by atoms with van der Waals surface area (Å²) in [4.78, 5) is 23.7. The van der Waals surface area contributed by atoms with E-state index in [4.69, 9.17) is 0 Å². The van der Waals surface area contributed by atoms with Crippen molar-refractivity contribution in [3.63, 3.8) is 0 Å². The summed E-state index contributed by atoms with van der Waals surface area (Å²) in [5.41, 5.74) is 0.935. The second-order valence-electron chi connectivity index (χ2n) is 3.89. The summed E-state index contributed by atoms with van der Waals surface area (Å²) in [6, 6.07) is -0.358. The number of carbonyl (C=O) groups is 2. The minimum Gasteiger partial charge on any atom is -0.478 e. The van der Waals surface area contributed by atoms with Crippen molar-refractivity contribution >= 4 is 28.3 Å². The molecule has 0 atom stereocenters. The topological polar surface area (TPSA) is 78.4 Å². The van der Waals surface area contributed by atoms with Gasteiger partial charge < -0.3 is 10.4 Å². The van der Waals surface area contributed by atoms with Gasteiger partial charge in [-0.1, -0.05) is 13.8 Å². The van der Waals surface area contributed by atoms with Crippen LogP contribution in [0.1, 0.15) is 41.1 Å². The Morgan fingerprint density at radius 3 is 2.50 bits per heavy atom. The fourth-order valence-electron chi connectivity index (χ4n) is 1.63. The number of carbonyl (C=O) groups excluding carboxylic acids is 1. The van der Waals surface area contributed by atoms with Crippen LogP contribution in [0.5, 0.6) is 0 Å². The molecule has 0 bridgehead atoms. The lowest BCUT2D eigenvalue weighted by molar-refractivity contribution is 0.0697. The molecule has 0 unspecified atom stereocenters. The van der Waals surface area contributed by atoms with E-state index in [9.17, 15) is 14.7 Å². The van der Waals surface area contributed by atoms with Crippen LogP contribution in [0.25, 0.3) is 0 Å². The second kappa shape index (κ2) is 6.39. The zero-order valence-corrected chi connectivity index (χ0v) is 11.6. The first kappa shape index (κ1) is 14.5. The molecule has 5 nitrogen and oxygen atoms in total. The Morgan fingerprint density at radius 2 is 2.00 bits per heavy atom. The molecule has 6 heteroatoms. The fraction of sp³-hybridized carbons (Fsp3) is 0.500. The van der Waals surface area contributed by atoms with Gasteiger partial charge in [-0.2, -0.15) is 0 Å². The van der Waals surface area contributed by atoms with Crippen molar-refractivity contribution in [2.75, 3.05) is 11.9 Å². The van der Waals surface area contributed by atoms with Gasteiger partial charge in [0.1, 0.15) is 5.00 Å². The van der Waals surface area contributed by atoms with Gasteiger partial charge in [-0.15, -0.1) is 11.3 Å². The van der Waals surface area contributed by atoms with Crippen LogP contribution in [0.4, 0.5) is 9.80 Å². The van der Waals surface area contributed by atoms with Crippen molar-refractivity contribution in [1.82, 2.24) is 5.32 Å². The number of nitrogens with one attached hydrogen (secondary N) is 2. The normalized spacial score (nSPS) is 10.2. The third-order valence-electron chi connectivity index (χ3n) is 2.54. The molecule has 0 fully saturated rings. The van der Waals surface area contributed by atoms with Gasteiger partial charge in [0.25, 0.3) is 0 Å². The number of carboxylic acids is 1. The van der Waals surface area contributed by atoms with E-state index >= 15 is 0 Å². The van der Waals surface area contributed by atoms with Gasteiger partial charge in [0.05, 0.1) is 5.56 Å². The van der Waals surface area contributed by atoms with Crippen molar-refractivity contribution in [1.29, 1.82) is 0 Å². The van der Waals surface area contributed by atoms with Crippen LogP contribution in [-0.4, -0.2) is 23.7 Å². The molecular formula is C12H18N2O3S. The van der Waals surface area contributed by atoms with E-state index in [2.05, 4.69) is 10.6 Å². The minimum atomic E-state index is -1.01. The van der Waals surface area contributed by atoms with Crippen LogP contribution in [0.3, 0.4) is 0 Å². The van der Waals surface area contributed by atoms with Gasteiger partial charge >= 0.3 is 12.0 Å². The molecule has 1 aromatic rings. The van der Waals surface area contributed by atoms with E-state index in [1.165, 1.54) is 11.3 Å². The Kier molecular flexibility index (Phi) is 5.15. The lowest BCUT2D eigenvalue weighted by Gasteiger charge is -2.05. The zero-order valence-electron chi connectivity index (χ0n) is 10.8. The Labute approximate surface area is 110 Å². The average Bonchev–Trinajstić information content (AvgIpc) is 2.62. The van der Waals surface area contributed by atoms with Crippen molar-refractivity contribution in [3.8, 4) is 0 Å². The zero-order chi connectivity index (χ0) is 13.7. The summed E-state index contributed by atoms with van der Waals surface area (Å²) in [5.74, 6) is -1.01. The predicted octanol–water partition coefficient (Wildman–Crippen LogP) is 2.85. The maximum Gasteiger partial charge on any atom is 0.338 e. The van der Waals surface area contributed by atoms with Crippen molar-refractivity contribution in [2.45, 2.75) is 33.6 Å². The molecule has 18 heavy (non-hydrogen) atoms. The smallest absolute Gasteiger partial charge is 0.338 e. The standard InChI is InChI=1S/C12H18N2O3S/c1-4-6-13-12(17)14-10-9(11(15)16)7(3)8(5-2)18-10/h4-6H2,1-3H3,(H,15,16)(H2,13,14,17). The Morgan fingerprint density at radius 1 is 1.33 bits per heavy atom. The van der Waals surface area contributed by atoms with Crippen LogP contribution < -0.4 is 10.6 Å². The summed E-state index contributed by atoms with van der Waals surface area (Å²) >= 11 is 1.32. The summed E-state index contributed by atoms with van der Waals surface area (Å²) < 4.78 is 0. The highest BCUT2D eigenvalue weighted by atomic mass is 32.1. The number of urea groups is 1. The van der Waals surface area contributed by atoms with Gasteiger partial charge in [-0.25, -0.2) is 9.59 Å². The lowest BCUT2D eigenvalue weighted by Crippen LogP contribution is -2.29. The number of thiophene rings is 1. The van der Waals surface area contributed by atoms with E-state index in [1.807, 2.05) is 13.8 Å². The average molecular weight is 270 g/mol. The molecule has 100 valence electrons. The summed E-state index contributed by atoms with van der Waals surface area (Å²) in [6.45, 7) is 6.26. The van der Waals surface area contributed by atoms with Crippen molar-refractivity contribution < 1.29 is 14.7 Å². The highest BCUT2D eigenvalue weighted by Gasteiger charge is 2.20. The lowest BCUT2D eigenvalue weighted by atomic mass is 10.1. The van der Waals surface area contributed by atoms with Gasteiger partial charge in [0, 0.05) is 11.4 Å². The third-order valence-corrected chi connectivity index (χ3v) is 3.89. The van der Waals surface area contributed by atoms with Gasteiger partial charge in [-0.05, 0) is 25.3 Å². The molecule has 0 saturated carbocycles. The molecule has 1 heterocycles. The van der Waals surface area contributed by atoms with Crippen LogP contribution in [0, 0.1) is 6.92 Å². The second-order valence-corrected chi connectivity index (χ2v) is 5.00. The Hall–Kier alpha value is -1.56. The van der Waals surface area contributed by atoms with Crippen molar-refractivity contribution in [3.05, 3.63) is 16.0 Å². The number of aromatic carboxylic acids is 1. The van der Waals surface area contributed by atoms with Crippen molar-refractivity contribution in [2.24, 2.45) is 0 Å².